The van der Waals surface area contributed by atoms with Crippen molar-refractivity contribution in [1.29, 1.82) is 0 Å². The van der Waals surface area contributed by atoms with Gasteiger partial charge in [0.25, 0.3) is 11.8 Å². The molecule has 402 valence electrons. The molecule has 0 spiro atoms. The fourth-order valence-corrected chi connectivity index (χ4v) is 10.6. The standard InChI is InChI=1S/C57H62ClN9O9S/c1-36-6-13-50-44(28-36)53(57(77-50)64-51(69)30-58)56(72)63-34-52(70)62-31-39-9-7-38(8-10-39)15-20-74-24-26-76-27-25-75-23-18-59-55(71)47-12-11-41(32-60-47)48-29-40-4-3-5-43(45(40)33-61-48)54-46-35-66(37(2)68)19-14-49(46)67(65-54)42-16-21-73-22-17-42/h3-13,28-29,32-33,42H,14-27,30-31,34-35H2,1-2H3,(H,59,71)(H,62,70)(H,63,72)(H,64,69). The number of nitrogens with zero attached hydrogens (tertiary/aromatic N) is 5. The Morgan fingerprint density at radius 3 is 2.31 bits per heavy atom. The summed E-state index contributed by atoms with van der Waals surface area (Å²) in [5.41, 5.74) is 9.22. The van der Waals surface area contributed by atoms with Gasteiger partial charge < -0.3 is 45.1 Å². The number of hydrogen-bond acceptors (Lipinski definition) is 13. The molecule has 77 heavy (non-hydrogen) atoms. The van der Waals surface area contributed by atoms with Gasteiger partial charge in [0.2, 0.25) is 17.7 Å². The quantitative estimate of drug-likeness (QED) is 0.0370. The number of thiophene rings is 1. The number of amides is 5. The molecule has 0 unspecified atom stereocenters. The highest BCUT2D eigenvalue weighted by Crippen LogP contribution is 2.39. The SMILES string of the molecule is CC(=O)N1CCc2c(c(-c3cccc4cc(-c5ccc(C(=O)NCCOCCOCCOCCc6ccc(CNC(=O)CNC(=O)c7c(NC(=O)CCl)sc8ccc(C)cc78)cc6)nc5)ncc34)nn2C2CCOCC2)C1. The second-order valence-electron chi connectivity index (χ2n) is 18.9. The molecule has 1 saturated heterocycles. The average molecular weight is 1080 g/mol. The van der Waals surface area contributed by atoms with Crippen molar-refractivity contribution < 1.29 is 42.9 Å². The Balaban J connectivity index is 0.634. The highest BCUT2D eigenvalue weighted by atomic mass is 35.5. The van der Waals surface area contributed by atoms with Crippen LogP contribution in [0.5, 0.6) is 0 Å². The summed E-state index contributed by atoms with van der Waals surface area (Å²) in [4.78, 5) is 74.4. The van der Waals surface area contributed by atoms with Crippen LogP contribution >= 0.6 is 22.9 Å². The maximum absolute atomic E-state index is 13.2. The maximum Gasteiger partial charge on any atom is 0.269 e. The molecule has 2 aliphatic rings. The smallest absolute Gasteiger partial charge is 0.269 e. The van der Waals surface area contributed by atoms with Gasteiger partial charge in [0.15, 0.2) is 0 Å². The molecule has 6 heterocycles. The maximum atomic E-state index is 13.2. The van der Waals surface area contributed by atoms with E-state index in [1.807, 2.05) is 78.7 Å². The van der Waals surface area contributed by atoms with Crippen LogP contribution in [0.3, 0.4) is 0 Å². The van der Waals surface area contributed by atoms with E-state index >= 15 is 0 Å². The number of aryl methyl sites for hydroxylation is 1. The number of aromatic nitrogens is 4. The molecule has 4 N–H and O–H groups in total. The van der Waals surface area contributed by atoms with Crippen LogP contribution in [0, 0.1) is 6.92 Å². The second-order valence-corrected chi connectivity index (χ2v) is 20.2. The van der Waals surface area contributed by atoms with Crippen molar-refractivity contribution in [3.63, 3.8) is 0 Å². The van der Waals surface area contributed by atoms with Gasteiger partial charge in [-0.15, -0.1) is 22.9 Å². The first-order valence-corrected chi connectivity index (χ1v) is 27.2. The number of hydrogen-bond donors (Lipinski definition) is 4. The number of halogens is 1. The molecule has 0 bridgehead atoms. The molecule has 0 radical (unpaired) electrons. The number of anilines is 1. The van der Waals surface area contributed by atoms with Crippen molar-refractivity contribution in [2.24, 2.45) is 0 Å². The number of benzene rings is 3. The largest absolute Gasteiger partial charge is 0.381 e. The first-order chi connectivity index (χ1) is 37.5. The van der Waals surface area contributed by atoms with Gasteiger partial charge in [-0.2, -0.15) is 5.10 Å². The minimum Gasteiger partial charge on any atom is -0.381 e. The topological polar surface area (TPSA) is 217 Å². The van der Waals surface area contributed by atoms with Crippen molar-refractivity contribution >= 4 is 78.3 Å². The summed E-state index contributed by atoms with van der Waals surface area (Å²) in [7, 11) is 0. The summed E-state index contributed by atoms with van der Waals surface area (Å²) >= 11 is 6.96. The third kappa shape index (κ3) is 13.9. The van der Waals surface area contributed by atoms with Crippen LogP contribution in [0.15, 0.2) is 91.3 Å². The molecular weight excluding hydrogens is 1020 g/mol. The zero-order valence-corrected chi connectivity index (χ0v) is 44.7. The lowest BCUT2D eigenvalue weighted by Gasteiger charge is -2.29. The minimum absolute atomic E-state index is 0.0599. The summed E-state index contributed by atoms with van der Waals surface area (Å²) < 4.78 is 25.7. The van der Waals surface area contributed by atoms with Crippen LogP contribution in [0.4, 0.5) is 5.00 Å². The van der Waals surface area contributed by atoms with Gasteiger partial charge in [0.1, 0.15) is 16.6 Å². The molecule has 0 atom stereocenters. The molecule has 0 saturated carbocycles. The Kier molecular flexibility index (Phi) is 18.7. The first-order valence-electron chi connectivity index (χ1n) is 25.8. The minimum atomic E-state index is -0.466. The molecule has 4 aromatic heterocycles. The van der Waals surface area contributed by atoms with E-state index in [-0.39, 0.29) is 41.9 Å². The molecule has 20 heteroatoms. The van der Waals surface area contributed by atoms with E-state index in [0.29, 0.717) is 101 Å². The molecule has 9 rings (SSSR count). The summed E-state index contributed by atoms with van der Waals surface area (Å²) in [6.45, 7) is 8.99. The van der Waals surface area contributed by atoms with Crippen LogP contribution in [0.1, 0.15) is 74.6 Å². The number of ether oxygens (including phenoxy) is 4. The van der Waals surface area contributed by atoms with Crippen LogP contribution in [-0.4, -0.2) is 133 Å². The second kappa shape index (κ2) is 26.3. The molecule has 2 aliphatic heterocycles. The fourth-order valence-electron chi connectivity index (χ4n) is 9.46. The lowest BCUT2D eigenvalue weighted by molar-refractivity contribution is -0.129. The Labute approximate surface area is 455 Å². The van der Waals surface area contributed by atoms with Gasteiger partial charge in [-0.1, -0.05) is 54.1 Å². The Morgan fingerprint density at radius 1 is 0.792 bits per heavy atom. The molecule has 7 aromatic rings. The van der Waals surface area contributed by atoms with E-state index in [0.717, 1.165) is 79.5 Å². The zero-order chi connectivity index (χ0) is 53.7. The first kappa shape index (κ1) is 54.7. The number of fused-ring (bicyclic) bond motifs is 3. The molecule has 18 nitrogen and oxygen atoms in total. The number of pyridine rings is 2. The van der Waals surface area contributed by atoms with Gasteiger partial charge in [0.05, 0.1) is 69.2 Å². The van der Waals surface area contributed by atoms with Crippen LogP contribution < -0.4 is 21.3 Å². The number of alkyl halides is 1. The normalized spacial score (nSPS) is 13.6. The fraction of sp³-hybridized carbons (Fsp3) is 0.368. The number of carbonyl (C=O) groups excluding carboxylic acids is 5. The summed E-state index contributed by atoms with van der Waals surface area (Å²) in [6, 6.07) is 25.5. The third-order valence-corrected chi connectivity index (χ3v) is 14.9. The Hall–Kier alpha value is -7.13. The summed E-state index contributed by atoms with van der Waals surface area (Å²) in [6.07, 6.45) is 6.82. The predicted octanol–water partition coefficient (Wildman–Crippen LogP) is 7.19. The van der Waals surface area contributed by atoms with E-state index in [1.54, 1.807) is 19.2 Å². The molecule has 0 aliphatic carbocycles. The number of nitrogens with one attached hydrogen (secondary N) is 4. The monoisotopic (exact) mass is 1080 g/mol. The third-order valence-electron chi connectivity index (χ3n) is 13.6. The summed E-state index contributed by atoms with van der Waals surface area (Å²) in [5.74, 6) is -1.73. The van der Waals surface area contributed by atoms with Gasteiger partial charge in [0, 0.05) is 103 Å². The van der Waals surface area contributed by atoms with Crippen LogP contribution in [0.25, 0.3) is 43.4 Å². The van der Waals surface area contributed by atoms with E-state index < -0.39 is 11.8 Å². The van der Waals surface area contributed by atoms with Crippen LogP contribution in [-0.2, 0) is 59.3 Å². The van der Waals surface area contributed by atoms with Gasteiger partial charge >= 0.3 is 0 Å². The van der Waals surface area contributed by atoms with E-state index in [2.05, 4.69) is 43.1 Å². The molecule has 5 amide bonds. The number of rotatable bonds is 23. The van der Waals surface area contributed by atoms with Gasteiger partial charge in [-0.3, -0.25) is 38.6 Å². The van der Waals surface area contributed by atoms with Crippen molar-refractivity contribution in [1.82, 2.24) is 40.6 Å². The van der Waals surface area contributed by atoms with E-state index in [9.17, 15) is 24.0 Å². The molecular formula is C57H62ClN9O9S. The van der Waals surface area contributed by atoms with E-state index in [4.69, 9.17) is 40.6 Å². The predicted molar refractivity (Wildman–Crippen MR) is 295 cm³/mol. The zero-order valence-electron chi connectivity index (χ0n) is 43.2. The number of carbonyl (C=O) groups is 5. The lowest BCUT2D eigenvalue weighted by Crippen LogP contribution is -2.36. The van der Waals surface area contributed by atoms with E-state index in [1.165, 1.54) is 17.0 Å². The van der Waals surface area contributed by atoms with Crippen molar-refractivity contribution in [2.45, 2.75) is 58.7 Å². The van der Waals surface area contributed by atoms with Crippen molar-refractivity contribution in [3.05, 3.63) is 130 Å². The Bertz CT molecular complexity index is 3230. The highest BCUT2D eigenvalue weighted by Gasteiger charge is 2.31. The highest BCUT2D eigenvalue weighted by molar-refractivity contribution is 7.23. The Morgan fingerprint density at radius 2 is 1.56 bits per heavy atom. The lowest BCUT2D eigenvalue weighted by atomic mass is 9.96. The van der Waals surface area contributed by atoms with Crippen molar-refractivity contribution in [3.8, 4) is 22.5 Å². The molecule has 3 aromatic carbocycles. The van der Waals surface area contributed by atoms with Crippen molar-refractivity contribution in [2.75, 3.05) is 83.7 Å². The average Bonchev–Trinajstić information content (AvgIpc) is 4.09. The van der Waals surface area contributed by atoms with Gasteiger partial charge in [-0.25, -0.2) is 0 Å². The van der Waals surface area contributed by atoms with Gasteiger partial charge in [-0.05, 0) is 73.0 Å². The summed E-state index contributed by atoms with van der Waals surface area (Å²) in [5, 5.41) is 19.3. The molecule has 1 fully saturated rings. The van der Waals surface area contributed by atoms with Crippen LogP contribution in [0.2, 0.25) is 0 Å².